The minimum absolute atomic E-state index is 0.0394. The number of hydrogen-bond donors (Lipinski definition) is 1. The number of carbonyl (C=O) groups excluding carboxylic acids is 1. The Morgan fingerprint density at radius 3 is 2.61 bits per heavy atom. The molecule has 1 rings (SSSR count). The number of benzene rings is 1. The van der Waals surface area contributed by atoms with Crippen LogP contribution in [0.25, 0.3) is 0 Å². The van der Waals surface area contributed by atoms with E-state index in [4.69, 9.17) is 0 Å². The van der Waals surface area contributed by atoms with Gasteiger partial charge in [0.1, 0.15) is 17.7 Å². The summed E-state index contributed by atoms with van der Waals surface area (Å²) in [4.78, 5) is 11.6. The van der Waals surface area contributed by atoms with Gasteiger partial charge in [-0.3, -0.25) is 0 Å². The third-order valence-electron chi connectivity index (χ3n) is 2.44. The molecule has 0 aliphatic rings. The molecule has 0 aliphatic carbocycles. The molecule has 100 valence electrons. The molecule has 1 atom stereocenters. The maximum absolute atomic E-state index is 13.6. The van der Waals surface area contributed by atoms with Crippen LogP contribution < -0.4 is 5.32 Å². The number of halogens is 2. The highest BCUT2D eigenvalue weighted by Crippen LogP contribution is 2.20. The van der Waals surface area contributed by atoms with E-state index >= 15 is 0 Å². The molecule has 0 heterocycles. The van der Waals surface area contributed by atoms with Crippen LogP contribution in [0.3, 0.4) is 0 Å². The van der Waals surface area contributed by atoms with Gasteiger partial charge in [-0.25, -0.2) is 13.6 Å². The van der Waals surface area contributed by atoms with Gasteiger partial charge in [-0.15, -0.1) is 0 Å². The minimum atomic E-state index is -0.993. The van der Waals surface area contributed by atoms with Gasteiger partial charge in [-0.05, 0) is 30.7 Å². The fourth-order valence-electron chi connectivity index (χ4n) is 1.53. The van der Waals surface area contributed by atoms with E-state index in [-0.39, 0.29) is 11.5 Å². The summed E-state index contributed by atoms with van der Waals surface area (Å²) < 4.78 is 31.4. The van der Waals surface area contributed by atoms with Crippen LogP contribution in [0.1, 0.15) is 25.5 Å². The average Bonchev–Trinajstić information content (AvgIpc) is 2.32. The molecule has 18 heavy (non-hydrogen) atoms. The Kier molecular flexibility index (Phi) is 5.22. The van der Waals surface area contributed by atoms with Crippen molar-refractivity contribution in [3.05, 3.63) is 35.4 Å². The van der Waals surface area contributed by atoms with E-state index in [2.05, 4.69) is 10.1 Å². The summed E-state index contributed by atoms with van der Waals surface area (Å²) in [5.74, 6) is -1.59. The second-order valence-electron chi connectivity index (χ2n) is 4.42. The Morgan fingerprint density at radius 1 is 1.39 bits per heavy atom. The van der Waals surface area contributed by atoms with Gasteiger partial charge in [-0.2, -0.15) is 0 Å². The Morgan fingerprint density at radius 2 is 2.06 bits per heavy atom. The summed E-state index contributed by atoms with van der Waals surface area (Å²) in [6.45, 7) is 4.39. The second-order valence-corrected chi connectivity index (χ2v) is 4.42. The second kappa shape index (κ2) is 6.44. The van der Waals surface area contributed by atoms with Crippen LogP contribution in [-0.4, -0.2) is 19.6 Å². The summed E-state index contributed by atoms with van der Waals surface area (Å²) in [5, 5.41) is 2.87. The first-order valence-electron chi connectivity index (χ1n) is 5.72. The van der Waals surface area contributed by atoms with Crippen molar-refractivity contribution in [2.24, 2.45) is 5.92 Å². The first-order chi connectivity index (χ1) is 8.45. The maximum Gasteiger partial charge on any atom is 0.327 e. The van der Waals surface area contributed by atoms with Crippen molar-refractivity contribution in [2.75, 3.05) is 13.7 Å². The standard InChI is InChI=1S/C13H17F2NO2/c1-8(2)7-16-12(13(17)18-3)10-6-9(14)4-5-11(10)15/h4-6,8,12,16H,7H2,1-3H3. The number of ether oxygens (including phenoxy) is 1. The normalized spacial score (nSPS) is 12.6. The summed E-state index contributed by atoms with van der Waals surface area (Å²) in [6, 6.07) is 2.02. The van der Waals surface area contributed by atoms with Crippen molar-refractivity contribution in [3.63, 3.8) is 0 Å². The monoisotopic (exact) mass is 257 g/mol. The lowest BCUT2D eigenvalue weighted by molar-refractivity contribution is -0.143. The van der Waals surface area contributed by atoms with Crippen LogP contribution in [0.5, 0.6) is 0 Å². The van der Waals surface area contributed by atoms with Gasteiger partial charge in [0.05, 0.1) is 7.11 Å². The smallest absolute Gasteiger partial charge is 0.327 e. The average molecular weight is 257 g/mol. The van der Waals surface area contributed by atoms with Gasteiger partial charge in [0.2, 0.25) is 0 Å². The molecule has 5 heteroatoms. The van der Waals surface area contributed by atoms with Gasteiger partial charge in [0, 0.05) is 5.56 Å². The molecule has 0 aromatic heterocycles. The molecule has 1 aromatic rings. The number of carbonyl (C=O) groups is 1. The topological polar surface area (TPSA) is 38.3 Å². The number of rotatable bonds is 5. The van der Waals surface area contributed by atoms with E-state index in [1.807, 2.05) is 13.8 Å². The van der Waals surface area contributed by atoms with Gasteiger partial charge in [0.15, 0.2) is 0 Å². The van der Waals surface area contributed by atoms with Gasteiger partial charge < -0.3 is 10.1 Å². The lowest BCUT2D eigenvalue weighted by atomic mass is 10.1. The largest absolute Gasteiger partial charge is 0.468 e. The first-order valence-corrected chi connectivity index (χ1v) is 5.72. The molecule has 0 bridgehead atoms. The molecule has 0 amide bonds. The van der Waals surface area contributed by atoms with Crippen LogP contribution in [0.15, 0.2) is 18.2 Å². The van der Waals surface area contributed by atoms with Crippen molar-refractivity contribution >= 4 is 5.97 Å². The highest BCUT2D eigenvalue weighted by atomic mass is 19.1. The number of methoxy groups -OCH3 is 1. The zero-order valence-electron chi connectivity index (χ0n) is 10.7. The molecule has 0 aliphatic heterocycles. The van der Waals surface area contributed by atoms with E-state index in [0.717, 1.165) is 18.2 Å². The highest BCUT2D eigenvalue weighted by Gasteiger charge is 2.24. The Balaban J connectivity index is 3.01. The van der Waals surface area contributed by atoms with Crippen molar-refractivity contribution in [1.82, 2.24) is 5.32 Å². The van der Waals surface area contributed by atoms with E-state index in [9.17, 15) is 13.6 Å². The van der Waals surface area contributed by atoms with Crippen LogP contribution in [-0.2, 0) is 9.53 Å². The maximum atomic E-state index is 13.6. The lowest BCUT2D eigenvalue weighted by Gasteiger charge is -2.18. The Labute approximate surface area is 105 Å². The third-order valence-corrected chi connectivity index (χ3v) is 2.44. The zero-order chi connectivity index (χ0) is 13.7. The fourth-order valence-corrected chi connectivity index (χ4v) is 1.53. The Bertz CT molecular complexity index is 421. The molecule has 0 spiro atoms. The van der Waals surface area contributed by atoms with Crippen LogP contribution in [0, 0.1) is 17.6 Å². The number of nitrogens with one attached hydrogen (secondary N) is 1. The van der Waals surface area contributed by atoms with E-state index in [1.165, 1.54) is 7.11 Å². The zero-order valence-corrected chi connectivity index (χ0v) is 10.7. The molecular weight excluding hydrogens is 240 g/mol. The summed E-state index contributed by atoms with van der Waals surface area (Å²) >= 11 is 0. The number of hydrogen-bond acceptors (Lipinski definition) is 3. The van der Waals surface area contributed by atoms with Crippen molar-refractivity contribution in [2.45, 2.75) is 19.9 Å². The van der Waals surface area contributed by atoms with Crippen LogP contribution >= 0.6 is 0 Å². The van der Waals surface area contributed by atoms with E-state index in [0.29, 0.717) is 6.54 Å². The summed E-state index contributed by atoms with van der Waals surface area (Å²) in [7, 11) is 1.21. The van der Waals surface area contributed by atoms with Crippen molar-refractivity contribution < 1.29 is 18.3 Å². The van der Waals surface area contributed by atoms with Crippen LogP contribution in [0.4, 0.5) is 8.78 Å². The Hall–Kier alpha value is -1.49. The third kappa shape index (κ3) is 3.77. The minimum Gasteiger partial charge on any atom is -0.468 e. The summed E-state index contributed by atoms with van der Waals surface area (Å²) in [6.07, 6.45) is 0. The first kappa shape index (κ1) is 14.6. The molecule has 3 nitrogen and oxygen atoms in total. The van der Waals surface area contributed by atoms with Crippen molar-refractivity contribution in [1.29, 1.82) is 0 Å². The molecule has 1 aromatic carbocycles. The van der Waals surface area contributed by atoms with Crippen molar-refractivity contribution in [3.8, 4) is 0 Å². The predicted octanol–water partition coefficient (Wildman–Crippen LogP) is 2.42. The molecule has 0 radical (unpaired) electrons. The SMILES string of the molecule is COC(=O)C(NCC(C)C)c1cc(F)ccc1F. The van der Waals surface area contributed by atoms with Crippen LogP contribution in [0.2, 0.25) is 0 Å². The summed E-state index contributed by atoms with van der Waals surface area (Å²) in [5.41, 5.74) is -0.0394. The van der Waals surface area contributed by atoms with Gasteiger partial charge in [-0.1, -0.05) is 13.8 Å². The lowest BCUT2D eigenvalue weighted by Crippen LogP contribution is -2.33. The molecule has 0 saturated heterocycles. The number of esters is 1. The van der Waals surface area contributed by atoms with E-state index < -0.39 is 23.6 Å². The van der Waals surface area contributed by atoms with E-state index in [1.54, 1.807) is 0 Å². The molecule has 0 saturated carbocycles. The van der Waals surface area contributed by atoms with Gasteiger partial charge in [0.25, 0.3) is 0 Å². The predicted molar refractivity (Wildman–Crippen MR) is 64.0 cm³/mol. The molecular formula is C13H17F2NO2. The molecule has 1 unspecified atom stereocenters. The molecule has 1 N–H and O–H groups in total. The quantitative estimate of drug-likeness (QED) is 0.823. The highest BCUT2D eigenvalue weighted by molar-refractivity contribution is 5.77. The van der Waals surface area contributed by atoms with Gasteiger partial charge >= 0.3 is 5.97 Å². The fraction of sp³-hybridized carbons (Fsp3) is 0.462. The molecule has 0 fully saturated rings.